The fourth-order valence-electron chi connectivity index (χ4n) is 0.552. The van der Waals surface area contributed by atoms with E-state index in [2.05, 4.69) is 13.0 Å². The second-order valence-electron chi connectivity index (χ2n) is 3.11. The molecule has 0 heterocycles. The summed E-state index contributed by atoms with van der Waals surface area (Å²) in [5.74, 6) is 2.14. The van der Waals surface area contributed by atoms with Gasteiger partial charge in [0.25, 0.3) is 0 Å². The van der Waals surface area contributed by atoms with Crippen LogP contribution in [0, 0.1) is 0 Å². The predicted molar refractivity (Wildman–Crippen MR) is 53.1 cm³/mol. The van der Waals surface area contributed by atoms with Crippen LogP contribution < -0.4 is 0 Å². The van der Waals surface area contributed by atoms with Crippen molar-refractivity contribution in [3.8, 4) is 0 Å². The maximum Gasteiger partial charge on any atom is 0.0798 e. The maximum absolute atomic E-state index is 9.51. The molecule has 0 atom stereocenters. The molecule has 0 aromatic rings. The van der Waals surface area contributed by atoms with Gasteiger partial charge < -0.3 is 5.11 Å². The molecule has 0 saturated heterocycles. The molecule has 0 amide bonds. The molecule has 0 unspecified atom stereocenters. The standard InChI is InChI=1S/C9H18OS/c1-5-11-7-6-8(2)9(3,4)10/h6,10H,5,7H2,1-4H3/b8-6+. The van der Waals surface area contributed by atoms with Crippen molar-refractivity contribution in [1.82, 2.24) is 0 Å². The fraction of sp³-hybridized carbons (Fsp3) is 0.778. The molecule has 0 saturated carbocycles. The SMILES string of the molecule is CCSC/C=C(\C)C(C)(C)O. The van der Waals surface area contributed by atoms with Gasteiger partial charge in [-0.05, 0) is 32.1 Å². The number of rotatable bonds is 4. The molecular weight excluding hydrogens is 156 g/mol. The molecule has 1 nitrogen and oxygen atoms in total. The van der Waals surface area contributed by atoms with Crippen molar-refractivity contribution in [1.29, 1.82) is 0 Å². The van der Waals surface area contributed by atoms with E-state index in [-0.39, 0.29) is 0 Å². The Balaban J connectivity index is 3.81. The normalized spacial score (nSPS) is 13.7. The lowest BCUT2D eigenvalue weighted by molar-refractivity contribution is 0.120. The van der Waals surface area contributed by atoms with E-state index in [1.54, 1.807) is 0 Å². The Kier molecular flexibility index (Phi) is 4.86. The van der Waals surface area contributed by atoms with Gasteiger partial charge in [-0.3, -0.25) is 0 Å². The summed E-state index contributed by atoms with van der Waals surface area (Å²) >= 11 is 1.87. The van der Waals surface area contributed by atoms with E-state index in [9.17, 15) is 5.11 Å². The van der Waals surface area contributed by atoms with Gasteiger partial charge in [0.15, 0.2) is 0 Å². The van der Waals surface area contributed by atoms with Crippen LogP contribution in [0.4, 0.5) is 0 Å². The second kappa shape index (κ2) is 4.83. The van der Waals surface area contributed by atoms with E-state index in [0.717, 1.165) is 17.1 Å². The summed E-state index contributed by atoms with van der Waals surface area (Å²) in [7, 11) is 0. The van der Waals surface area contributed by atoms with E-state index in [1.165, 1.54) is 0 Å². The molecule has 0 aliphatic heterocycles. The van der Waals surface area contributed by atoms with Crippen LogP contribution in [-0.4, -0.2) is 22.2 Å². The van der Waals surface area contributed by atoms with E-state index >= 15 is 0 Å². The van der Waals surface area contributed by atoms with Gasteiger partial charge in [-0.15, -0.1) is 0 Å². The first-order chi connectivity index (χ1) is 4.98. The number of aliphatic hydroxyl groups is 1. The monoisotopic (exact) mass is 174 g/mol. The van der Waals surface area contributed by atoms with Crippen LogP contribution in [0.5, 0.6) is 0 Å². The molecule has 0 aliphatic carbocycles. The molecular formula is C9H18OS. The molecule has 0 rings (SSSR count). The van der Waals surface area contributed by atoms with Gasteiger partial charge in [-0.1, -0.05) is 13.0 Å². The number of hydrogen-bond donors (Lipinski definition) is 1. The van der Waals surface area contributed by atoms with Gasteiger partial charge in [0.2, 0.25) is 0 Å². The van der Waals surface area contributed by atoms with Crippen LogP contribution >= 0.6 is 11.8 Å². The van der Waals surface area contributed by atoms with E-state index in [1.807, 2.05) is 32.5 Å². The summed E-state index contributed by atoms with van der Waals surface area (Å²) in [5.41, 5.74) is 0.410. The minimum absolute atomic E-state index is 0.645. The van der Waals surface area contributed by atoms with Gasteiger partial charge >= 0.3 is 0 Å². The first-order valence-electron chi connectivity index (χ1n) is 3.95. The zero-order valence-corrected chi connectivity index (χ0v) is 8.66. The summed E-state index contributed by atoms with van der Waals surface area (Å²) in [6.07, 6.45) is 2.09. The third kappa shape index (κ3) is 5.33. The highest BCUT2D eigenvalue weighted by molar-refractivity contribution is 7.99. The molecule has 0 aromatic carbocycles. The Hall–Kier alpha value is 0.0500. The van der Waals surface area contributed by atoms with Crippen LogP contribution in [0.15, 0.2) is 11.6 Å². The molecule has 66 valence electrons. The maximum atomic E-state index is 9.51. The van der Waals surface area contributed by atoms with Crippen molar-refractivity contribution < 1.29 is 5.11 Å². The van der Waals surface area contributed by atoms with Crippen molar-refractivity contribution in [3.63, 3.8) is 0 Å². The lowest BCUT2D eigenvalue weighted by Gasteiger charge is -2.17. The Morgan fingerprint density at radius 1 is 1.55 bits per heavy atom. The zero-order valence-electron chi connectivity index (χ0n) is 7.85. The second-order valence-corrected chi connectivity index (χ2v) is 4.42. The van der Waals surface area contributed by atoms with Crippen molar-refractivity contribution in [2.24, 2.45) is 0 Å². The van der Waals surface area contributed by atoms with Crippen LogP contribution in [0.2, 0.25) is 0 Å². The Bertz CT molecular complexity index is 133. The Morgan fingerprint density at radius 3 is 2.45 bits per heavy atom. The Labute approximate surface area is 73.9 Å². The van der Waals surface area contributed by atoms with E-state index in [4.69, 9.17) is 0 Å². The lowest BCUT2D eigenvalue weighted by atomic mass is 10.0. The average Bonchev–Trinajstić information content (AvgIpc) is 1.86. The van der Waals surface area contributed by atoms with Gasteiger partial charge in [-0.25, -0.2) is 0 Å². The number of hydrogen-bond acceptors (Lipinski definition) is 2. The Morgan fingerprint density at radius 2 is 2.09 bits per heavy atom. The van der Waals surface area contributed by atoms with Gasteiger partial charge in [-0.2, -0.15) is 11.8 Å². The molecule has 11 heavy (non-hydrogen) atoms. The van der Waals surface area contributed by atoms with Gasteiger partial charge in [0.1, 0.15) is 0 Å². The smallest absolute Gasteiger partial charge is 0.0798 e. The first kappa shape index (κ1) is 11.1. The van der Waals surface area contributed by atoms with Gasteiger partial charge in [0.05, 0.1) is 5.60 Å². The molecule has 0 bridgehead atoms. The summed E-state index contributed by atoms with van der Waals surface area (Å²) in [4.78, 5) is 0. The summed E-state index contributed by atoms with van der Waals surface area (Å²) in [6.45, 7) is 7.74. The highest BCUT2D eigenvalue weighted by Gasteiger charge is 2.13. The quantitative estimate of drug-likeness (QED) is 0.522. The van der Waals surface area contributed by atoms with Crippen LogP contribution in [-0.2, 0) is 0 Å². The first-order valence-corrected chi connectivity index (χ1v) is 5.11. The van der Waals surface area contributed by atoms with Crippen LogP contribution in [0.25, 0.3) is 0 Å². The van der Waals surface area contributed by atoms with Crippen LogP contribution in [0.1, 0.15) is 27.7 Å². The molecule has 0 radical (unpaired) electrons. The molecule has 2 heteroatoms. The average molecular weight is 174 g/mol. The topological polar surface area (TPSA) is 20.2 Å². The predicted octanol–water partition coefficient (Wildman–Crippen LogP) is 2.46. The highest BCUT2D eigenvalue weighted by atomic mass is 32.2. The summed E-state index contributed by atoms with van der Waals surface area (Å²) < 4.78 is 0. The third-order valence-corrected chi connectivity index (χ3v) is 2.49. The minimum Gasteiger partial charge on any atom is -0.386 e. The van der Waals surface area contributed by atoms with E-state index in [0.29, 0.717) is 0 Å². The fourth-order valence-corrected chi connectivity index (χ4v) is 1.16. The molecule has 1 N–H and O–H groups in total. The van der Waals surface area contributed by atoms with Crippen molar-refractivity contribution in [2.45, 2.75) is 33.3 Å². The zero-order chi connectivity index (χ0) is 8.91. The molecule has 0 spiro atoms. The highest BCUT2D eigenvalue weighted by Crippen LogP contribution is 2.15. The summed E-state index contributed by atoms with van der Waals surface area (Å²) in [6, 6.07) is 0. The lowest BCUT2D eigenvalue weighted by Crippen LogP contribution is -2.20. The van der Waals surface area contributed by atoms with Crippen molar-refractivity contribution in [2.75, 3.05) is 11.5 Å². The molecule has 0 aliphatic rings. The van der Waals surface area contributed by atoms with Crippen molar-refractivity contribution in [3.05, 3.63) is 11.6 Å². The van der Waals surface area contributed by atoms with Crippen LogP contribution in [0.3, 0.4) is 0 Å². The summed E-state index contributed by atoms with van der Waals surface area (Å²) in [5, 5.41) is 9.51. The number of thioether (sulfide) groups is 1. The molecule has 0 aromatic heterocycles. The van der Waals surface area contributed by atoms with Gasteiger partial charge in [0, 0.05) is 5.75 Å². The minimum atomic E-state index is -0.645. The molecule has 0 fully saturated rings. The largest absolute Gasteiger partial charge is 0.386 e. The van der Waals surface area contributed by atoms with E-state index < -0.39 is 5.60 Å². The third-order valence-electron chi connectivity index (χ3n) is 1.68. The van der Waals surface area contributed by atoms with Crippen molar-refractivity contribution >= 4 is 11.8 Å².